The summed E-state index contributed by atoms with van der Waals surface area (Å²) in [5.74, 6) is -0.0263. The van der Waals surface area contributed by atoms with E-state index in [1.54, 1.807) is 16.8 Å². The number of nitrogens with zero attached hydrogens (tertiary/aromatic N) is 2. The normalized spacial score (nSPS) is 16.7. The lowest BCUT2D eigenvalue weighted by Gasteiger charge is -2.35. The van der Waals surface area contributed by atoms with Crippen LogP contribution in [0.15, 0.2) is 24.3 Å². The van der Waals surface area contributed by atoms with E-state index in [1.807, 2.05) is 24.3 Å². The zero-order valence-electron chi connectivity index (χ0n) is 14.3. The molecule has 5 nitrogen and oxygen atoms in total. The lowest BCUT2D eigenvalue weighted by Crippen LogP contribution is -2.51. The van der Waals surface area contributed by atoms with Crippen molar-refractivity contribution >= 4 is 23.2 Å². The third-order valence-corrected chi connectivity index (χ3v) is 4.23. The van der Waals surface area contributed by atoms with Gasteiger partial charge in [-0.1, -0.05) is 38.8 Å². The molecular weight excluding hydrogens is 290 g/mol. The summed E-state index contributed by atoms with van der Waals surface area (Å²) in [6.07, 6.45) is 3.71. The van der Waals surface area contributed by atoms with Gasteiger partial charge in [0.25, 0.3) is 0 Å². The number of hydrogen-bond acceptors (Lipinski definition) is 3. The van der Waals surface area contributed by atoms with E-state index in [2.05, 4.69) is 19.2 Å². The van der Waals surface area contributed by atoms with E-state index < -0.39 is 0 Å². The van der Waals surface area contributed by atoms with Crippen molar-refractivity contribution in [3.8, 4) is 0 Å². The second kappa shape index (κ2) is 7.99. The molecule has 1 N–H and O–H groups in total. The molecule has 0 aliphatic carbocycles. The number of carbonyl (C=O) groups excluding carboxylic acids is 2. The van der Waals surface area contributed by atoms with E-state index in [0.29, 0.717) is 0 Å². The van der Waals surface area contributed by atoms with Crippen LogP contribution in [-0.4, -0.2) is 42.9 Å². The van der Waals surface area contributed by atoms with E-state index in [-0.39, 0.29) is 24.4 Å². The van der Waals surface area contributed by atoms with Crippen molar-refractivity contribution in [3.63, 3.8) is 0 Å². The van der Waals surface area contributed by atoms with Gasteiger partial charge in [0.15, 0.2) is 0 Å². The summed E-state index contributed by atoms with van der Waals surface area (Å²) in [4.78, 5) is 28.5. The van der Waals surface area contributed by atoms with Gasteiger partial charge in [0, 0.05) is 13.6 Å². The molecule has 2 amide bonds. The van der Waals surface area contributed by atoms with Gasteiger partial charge in [-0.15, -0.1) is 0 Å². The van der Waals surface area contributed by atoms with Gasteiger partial charge in [-0.25, -0.2) is 0 Å². The van der Waals surface area contributed by atoms with E-state index >= 15 is 0 Å². The minimum absolute atomic E-state index is 0.0113. The van der Waals surface area contributed by atoms with Crippen LogP contribution in [0.25, 0.3) is 0 Å². The Balaban J connectivity index is 2.17. The minimum atomic E-state index is -0.247. The Bertz CT molecular complexity index is 559. The fourth-order valence-corrected chi connectivity index (χ4v) is 2.81. The number of rotatable bonds is 7. The van der Waals surface area contributed by atoms with Crippen molar-refractivity contribution in [1.82, 2.24) is 4.90 Å². The third kappa shape index (κ3) is 4.03. The summed E-state index contributed by atoms with van der Waals surface area (Å²) in [5.41, 5.74) is 1.72. The predicted molar refractivity (Wildman–Crippen MR) is 93.7 cm³/mol. The molecule has 2 rings (SSSR count). The average Bonchev–Trinajstić information content (AvgIpc) is 2.56. The summed E-state index contributed by atoms with van der Waals surface area (Å²) < 4.78 is 0. The van der Waals surface area contributed by atoms with Crippen LogP contribution in [-0.2, 0) is 9.59 Å². The molecule has 1 aromatic carbocycles. The molecule has 5 heteroatoms. The summed E-state index contributed by atoms with van der Waals surface area (Å²) in [6, 6.07) is 7.44. The molecule has 0 radical (unpaired) electrons. The maximum atomic E-state index is 12.7. The number of likely N-dealkylation sites (N-methyl/N-ethyl adjacent to an activating group) is 1. The first-order valence-corrected chi connectivity index (χ1v) is 8.49. The van der Waals surface area contributed by atoms with E-state index in [0.717, 1.165) is 43.6 Å². The molecule has 1 aromatic rings. The maximum Gasteiger partial charge on any atom is 0.250 e. The largest absolute Gasteiger partial charge is 0.372 e. The Labute approximate surface area is 138 Å². The van der Waals surface area contributed by atoms with Gasteiger partial charge in [0.05, 0.1) is 11.4 Å². The second-order valence-electron chi connectivity index (χ2n) is 6.10. The number of benzene rings is 1. The first-order chi connectivity index (χ1) is 11.1. The highest BCUT2D eigenvalue weighted by molar-refractivity contribution is 6.07. The Morgan fingerprint density at radius 3 is 2.70 bits per heavy atom. The number of amides is 2. The highest BCUT2D eigenvalue weighted by atomic mass is 16.2. The summed E-state index contributed by atoms with van der Waals surface area (Å²) >= 11 is 0. The molecule has 1 heterocycles. The number of nitrogens with one attached hydrogen (secondary N) is 1. The Hall–Kier alpha value is -2.04. The van der Waals surface area contributed by atoms with Crippen LogP contribution in [0.1, 0.15) is 39.5 Å². The number of carbonyl (C=O) groups is 2. The Morgan fingerprint density at radius 2 is 2.00 bits per heavy atom. The highest BCUT2D eigenvalue weighted by Gasteiger charge is 2.33. The second-order valence-corrected chi connectivity index (χ2v) is 6.10. The minimum Gasteiger partial charge on any atom is -0.372 e. The summed E-state index contributed by atoms with van der Waals surface area (Å²) in [5, 5.41) is 3.30. The number of unbranched alkanes of at least 4 members (excludes halogenated alkanes) is 1. The van der Waals surface area contributed by atoms with Crippen LogP contribution in [0, 0.1) is 0 Å². The first kappa shape index (κ1) is 17.3. The number of anilines is 2. The van der Waals surface area contributed by atoms with Crippen LogP contribution in [0.5, 0.6) is 0 Å². The van der Waals surface area contributed by atoms with E-state index in [1.165, 1.54) is 0 Å². The van der Waals surface area contributed by atoms with Crippen molar-refractivity contribution < 1.29 is 9.59 Å². The van der Waals surface area contributed by atoms with Crippen molar-refractivity contribution in [2.75, 3.05) is 30.4 Å². The van der Waals surface area contributed by atoms with Crippen molar-refractivity contribution in [2.45, 2.75) is 45.6 Å². The van der Waals surface area contributed by atoms with Gasteiger partial charge < -0.3 is 10.2 Å². The molecule has 1 unspecified atom stereocenters. The molecule has 0 spiro atoms. The lowest BCUT2D eigenvalue weighted by molar-refractivity contribution is -0.130. The smallest absolute Gasteiger partial charge is 0.250 e. The maximum absolute atomic E-state index is 12.7. The van der Waals surface area contributed by atoms with Gasteiger partial charge >= 0.3 is 0 Å². The molecule has 23 heavy (non-hydrogen) atoms. The molecule has 0 bridgehead atoms. The molecular formula is C18H27N3O2. The fraction of sp³-hybridized carbons (Fsp3) is 0.556. The SMILES string of the molecule is CCCCN(C)C(=O)CN1C(=O)C(CCC)Nc2ccccc21. The molecule has 0 aromatic heterocycles. The molecule has 126 valence electrons. The van der Waals surface area contributed by atoms with Crippen LogP contribution < -0.4 is 10.2 Å². The van der Waals surface area contributed by atoms with Crippen LogP contribution in [0.2, 0.25) is 0 Å². The van der Waals surface area contributed by atoms with Gasteiger partial charge in [0.2, 0.25) is 11.8 Å². The fourth-order valence-electron chi connectivity index (χ4n) is 2.81. The third-order valence-electron chi connectivity index (χ3n) is 4.23. The van der Waals surface area contributed by atoms with Crippen molar-refractivity contribution in [3.05, 3.63) is 24.3 Å². The van der Waals surface area contributed by atoms with Crippen LogP contribution in [0.4, 0.5) is 11.4 Å². The van der Waals surface area contributed by atoms with E-state index in [9.17, 15) is 9.59 Å². The Morgan fingerprint density at radius 1 is 1.26 bits per heavy atom. The number of hydrogen-bond donors (Lipinski definition) is 1. The molecule has 0 saturated carbocycles. The van der Waals surface area contributed by atoms with Gasteiger partial charge in [-0.2, -0.15) is 0 Å². The quantitative estimate of drug-likeness (QED) is 0.841. The molecule has 1 aliphatic rings. The van der Waals surface area contributed by atoms with Crippen LogP contribution >= 0.6 is 0 Å². The first-order valence-electron chi connectivity index (χ1n) is 8.49. The summed E-state index contributed by atoms with van der Waals surface area (Å²) in [6.45, 7) is 5.00. The van der Waals surface area contributed by atoms with Gasteiger partial charge in [-0.3, -0.25) is 14.5 Å². The monoisotopic (exact) mass is 317 g/mol. The predicted octanol–water partition coefficient (Wildman–Crippen LogP) is 2.87. The number of fused-ring (bicyclic) bond motifs is 1. The van der Waals surface area contributed by atoms with Crippen LogP contribution in [0.3, 0.4) is 0 Å². The zero-order chi connectivity index (χ0) is 16.8. The van der Waals surface area contributed by atoms with Gasteiger partial charge in [0.1, 0.15) is 12.6 Å². The van der Waals surface area contributed by atoms with Crippen molar-refractivity contribution in [2.24, 2.45) is 0 Å². The molecule has 1 aliphatic heterocycles. The lowest BCUT2D eigenvalue weighted by atomic mass is 10.0. The van der Waals surface area contributed by atoms with Crippen molar-refractivity contribution in [1.29, 1.82) is 0 Å². The highest BCUT2D eigenvalue weighted by Crippen LogP contribution is 2.32. The molecule has 0 saturated heterocycles. The zero-order valence-corrected chi connectivity index (χ0v) is 14.3. The summed E-state index contributed by atoms with van der Waals surface area (Å²) in [7, 11) is 1.81. The van der Waals surface area contributed by atoms with E-state index in [4.69, 9.17) is 0 Å². The number of para-hydroxylation sites is 2. The standard InChI is InChI=1S/C18H27N3O2/c1-4-6-12-20(3)17(22)13-21-16-11-8-7-10-14(16)19-15(9-5-2)18(21)23/h7-8,10-11,15,19H,4-6,9,12-13H2,1-3H3. The topological polar surface area (TPSA) is 52.7 Å². The average molecular weight is 317 g/mol. The van der Waals surface area contributed by atoms with Gasteiger partial charge in [-0.05, 0) is 25.0 Å². The molecule has 1 atom stereocenters. The molecule has 0 fully saturated rings. The Kier molecular flexibility index (Phi) is 6.02.